The number of aldehydes is 1. The Balaban J connectivity index is 1.95. The van der Waals surface area contributed by atoms with Gasteiger partial charge in [0.25, 0.3) is 0 Å². The number of fused-ring (bicyclic) bond motifs is 1. The van der Waals surface area contributed by atoms with Crippen LogP contribution in [0.15, 0.2) is 12.7 Å². The van der Waals surface area contributed by atoms with Gasteiger partial charge in [-0.3, -0.25) is 19.0 Å². The van der Waals surface area contributed by atoms with Crippen LogP contribution in [0.3, 0.4) is 0 Å². The molecule has 138 valence electrons. The molecule has 1 N–H and O–H groups in total. The molecule has 0 saturated carbocycles. The number of aromatic nitrogens is 4. The van der Waals surface area contributed by atoms with E-state index >= 15 is 0 Å². The molecule has 4 atom stereocenters. The van der Waals surface area contributed by atoms with E-state index in [-0.39, 0.29) is 6.42 Å². The topological polar surface area (TPSA) is 125 Å². The zero-order chi connectivity index (χ0) is 18.8. The molecule has 0 bridgehead atoms. The SMILES string of the molecule is CC(=O)O[C@@H](C=O)[C@@H]1C[C@@H](OC(C)=O)[C@@H](n2cnc3c(=S)nc[nH]c32)O1. The van der Waals surface area contributed by atoms with Gasteiger partial charge in [-0.15, -0.1) is 0 Å². The van der Waals surface area contributed by atoms with E-state index in [1.165, 1.54) is 26.5 Å². The van der Waals surface area contributed by atoms with Crippen molar-refractivity contribution in [2.75, 3.05) is 0 Å². The van der Waals surface area contributed by atoms with Crippen molar-refractivity contribution in [3.05, 3.63) is 17.3 Å². The van der Waals surface area contributed by atoms with Crippen molar-refractivity contribution >= 4 is 41.6 Å². The van der Waals surface area contributed by atoms with Gasteiger partial charge < -0.3 is 19.2 Å². The van der Waals surface area contributed by atoms with Crippen LogP contribution in [-0.4, -0.2) is 56.1 Å². The van der Waals surface area contributed by atoms with E-state index in [1.807, 2.05) is 0 Å². The van der Waals surface area contributed by atoms with E-state index in [9.17, 15) is 14.4 Å². The van der Waals surface area contributed by atoms with Crippen LogP contribution >= 0.6 is 12.2 Å². The monoisotopic (exact) mass is 380 g/mol. The number of ether oxygens (including phenoxy) is 3. The molecule has 0 aliphatic carbocycles. The third-order valence-electron chi connectivity index (χ3n) is 3.87. The highest BCUT2D eigenvalue weighted by molar-refractivity contribution is 7.71. The highest BCUT2D eigenvalue weighted by atomic mass is 32.1. The van der Waals surface area contributed by atoms with Crippen LogP contribution in [0.25, 0.3) is 11.2 Å². The molecule has 26 heavy (non-hydrogen) atoms. The van der Waals surface area contributed by atoms with Crippen LogP contribution in [-0.2, 0) is 28.6 Å². The molecule has 3 heterocycles. The Bertz CT molecular complexity index is 909. The van der Waals surface area contributed by atoms with Crippen molar-refractivity contribution in [2.45, 2.75) is 44.8 Å². The lowest BCUT2D eigenvalue weighted by atomic mass is 10.1. The minimum atomic E-state index is -1.11. The van der Waals surface area contributed by atoms with Gasteiger partial charge in [-0.05, 0) is 0 Å². The first-order valence-corrected chi connectivity index (χ1v) is 8.17. The summed E-state index contributed by atoms with van der Waals surface area (Å²) in [5, 5.41) is 0. The molecular weight excluding hydrogens is 364 g/mol. The number of hydrogen-bond acceptors (Lipinski definition) is 9. The molecule has 0 aromatic carbocycles. The molecule has 1 fully saturated rings. The quantitative estimate of drug-likeness (QED) is 0.456. The second-order valence-corrected chi connectivity index (χ2v) is 6.10. The maximum absolute atomic E-state index is 11.5. The Morgan fingerprint density at radius 3 is 2.85 bits per heavy atom. The van der Waals surface area contributed by atoms with Gasteiger partial charge in [0.05, 0.1) is 12.7 Å². The van der Waals surface area contributed by atoms with Gasteiger partial charge in [-0.25, -0.2) is 9.97 Å². The van der Waals surface area contributed by atoms with Crippen LogP contribution in [0.5, 0.6) is 0 Å². The first-order valence-electron chi connectivity index (χ1n) is 7.76. The molecule has 3 rings (SSSR count). The minimum absolute atomic E-state index is 0.173. The summed E-state index contributed by atoms with van der Waals surface area (Å²) in [6, 6.07) is 0. The van der Waals surface area contributed by atoms with E-state index < -0.39 is 36.5 Å². The minimum Gasteiger partial charge on any atom is -0.458 e. The van der Waals surface area contributed by atoms with Gasteiger partial charge >= 0.3 is 11.9 Å². The maximum atomic E-state index is 11.5. The van der Waals surface area contributed by atoms with Crippen molar-refractivity contribution in [1.29, 1.82) is 0 Å². The van der Waals surface area contributed by atoms with Crippen molar-refractivity contribution in [1.82, 2.24) is 19.5 Å². The average Bonchev–Trinajstić information content (AvgIpc) is 3.16. The van der Waals surface area contributed by atoms with Gasteiger partial charge in [-0.1, -0.05) is 12.2 Å². The highest BCUT2D eigenvalue weighted by Gasteiger charge is 2.44. The fraction of sp³-hybridized carbons (Fsp3) is 0.467. The van der Waals surface area contributed by atoms with Crippen molar-refractivity contribution in [2.24, 2.45) is 0 Å². The molecule has 1 aliphatic rings. The van der Waals surface area contributed by atoms with E-state index in [2.05, 4.69) is 15.0 Å². The van der Waals surface area contributed by atoms with Gasteiger partial charge in [-0.2, -0.15) is 0 Å². The van der Waals surface area contributed by atoms with E-state index in [0.717, 1.165) is 0 Å². The third kappa shape index (κ3) is 3.48. The van der Waals surface area contributed by atoms with Gasteiger partial charge in [0, 0.05) is 20.3 Å². The first kappa shape index (κ1) is 18.1. The number of H-pyrrole nitrogens is 1. The van der Waals surface area contributed by atoms with Crippen molar-refractivity contribution in [3.63, 3.8) is 0 Å². The summed E-state index contributed by atoms with van der Waals surface area (Å²) in [6.07, 6.45) is 0.198. The van der Waals surface area contributed by atoms with Crippen LogP contribution in [0, 0.1) is 4.64 Å². The number of hydrogen-bond donors (Lipinski definition) is 1. The average molecular weight is 380 g/mol. The summed E-state index contributed by atoms with van der Waals surface area (Å²) < 4.78 is 18.1. The lowest BCUT2D eigenvalue weighted by Gasteiger charge is -2.20. The van der Waals surface area contributed by atoms with Crippen molar-refractivity contribution < 1.29 is 28.6 Å². The normalized spacial score (nSPS) is 23.5. The van der Waals surface area contributed by atoms with Gasteiger partial charge in [0.15, 0.2) is 23.3 Å². The number of rotatable bonds is 5. The number of aromatic amines is 1. The molecule has 1 saturated heterocycles. The molecule has 0 radical (unpaired) electrons. The second-order valence-electron chi connectivity index (χ2n) is 5.72. The fourth-order valence-corrected chi connectivity index (χ4v) is 3.10. The highest BCUT2D eigenvalue weighted by Crippen LogP contribution is 2.35. The Kier molecular flexibility index (Phi) is 5.09. The number of nitrogens with zero attached hydrogens (tertiary/aromatic N) is 3. The zero-order valence-corrected chi connectivity index (χ0v) is 14.8. The predicted octanol–water partition coefficient (Wildman–Crippen LogP) is 0.839. The molecule has 1 aliphatic heterocycles. The summed E-state index contributed by atoms with van der Waals surface area (Å²) in [5.74, 6) is -1.11. The lowest BCUT2D eigenvalue weighted by molar-refractivity contribution is -0.160. The lowest BCUT2D eigenvalue weighted by Crippen LogP contribution is -2.32. The zero-order valence-electron chi connectivity index (χ0n) is 13.9. The third-order valence-corrected chi connectivity index (χ3v) is 4.17. The number of carbonyl (C=O) groups excluding carboxylic acids is 3. The molecule has 0 amide bonds. The summed E-state index contributed by atoms with van der Waals surface area (Å²) >= 11 is 5.14. The second kappa shape index (κ2) is 7.30. The summed E-state index contributed by atoms with van der Waals surface area (Å²) in [5.41, 5.74) is 0.992. The van der Waals surface area contributed by atoms with Crippen LogP contribution in [0.2, 0.25) is 0 Å². The molecule has 0 unspecified atom stereocenters. The Morgan fingerprint density at radius 2 is 2.19 bits per heavy atom. The summed E-state index contributed by atoms with van der Waals surface area (Å²) in [7, 11) is 0. The van der Waals surface area contributed by atoms with Crippen LogP contribution in [0.1, 0.15) is 26.5 Å². The Labute approximate surface area is 152 Å². The van der Waals surface area contributed by atoms with Crippen LogP contribution < -0.4 is 0 Å². The van der Waals surface area contributed by atoms with Crippen molar-refractivity contribution in [3.8, 4) is 0 Å². The molecule has 2 aromatic heterocycles. The van der Waals surface area contributed by atoms with E-state index in [1.54, 1.807) is 4.57 Å². The summed E-state index contributed by atoms with van der Waals surface area (Å²) in [4.78, 5) is 45.0. The molecule has 0 spiro atoms. The van der Waals surface area contributed by atoms with E-state index in [4.69, 9.17) is 26.4 Å². The standard InChI is InChI=1S/C15H16N4O6S/c1-7(21)23-10-3-9(11(4-20)24-8(2)22)25-15(10)19-6-18-12-13(19)16-5-17-14(12)26/h4-6,9-11,15H,3H2,1-2H3,(H,16,17,26)/t9-,10+,11-,15-/m0/s1. The Hall–Kier alpha value is -2.66. The van der Waals surface area contributed by atoms with E-state index in [0.29, 0.717) is 22.1 Å². The predicted molar refractivity (Wildman–Crippen MR) is 88.4 cm³/mol. The number of carbonyl (C=O) groups is 3. The van der Waals surface area contributed by atoms with Crippen LogP contribution in [0.4, 0.5) is 0 Å². The molecule has 11 heteroatoms. The molecule has 10 nitrogen and oxygen atoms in total. The smallest absolute Gasteiger partial charge is 0.303 e. The van der Waals surface area contributed by atoms with Gasteiger partial charge in [0.1, 0.15) is 23.4 Å². The molecular formula is C15H16N4O6S. The maximum Gasteiger partial charge on any atom is 0.303 e. The number of imidazole rings is 1. The number of nitrogens with one attached hydrogen (secondary N) is 1. The van der Waals surface area contributed by atoms with Gasteiger partial charge in [0.2, 0.25) is 0 Å². The molecule has 2 aromatic rings. The summed E-state index contributed by atoms with van der Waals surface area (Å²) in [6.45, 7) is 2.47. The largest absolute Gasteiger partial charge is 0.458 e. The Morgan fingerprint density at radius 1 is 1.42 bits per heavy atom. The first-order chi connectivity index (χ1) is 12.4. The fourth-order valence-electron chi connectivity index (χ4n) is 2.89. The number of esters is 2.